The fraction of sp³-hybridized carbons (Fsp3) is 0.462. The van der Waals surface area contributed by atoms with Crippen molar-refractivity contribution in [2.45, 2.75) is 52.1 Å². The van der Waals surface area contributed by atoms with Gasteiger partial charge in [0, 0.05) is 13.1 Å². The Labute approximate surface area is 197 Å². The zero-order chi connectivity index (χ0) is 24.2. The largest absolute Gasteiger partial charge is 0.497 e. The maximum absolute atomic E-state index is 13.4. The molecule has 0 aliphatic carbocycles. The van der Waals surface area contributed by atoms with Crippen LogP contribution < -0.4 is 19.5 Å². The van der Waals surface area contributed by atoms with E-state index >= 15 is 0 Å². The van der Waals surface area contributed by atoms with Crippen LogP contribution in [0.15, 0.2) is 42.5 Å². The van der Waals surface area contributed by atoms with E-state index in [4.69, 9.17) is 14.2 Å². The molecule has 7 heteroatoms. The first-order valence-electron chi connectivity index (χ1n) is 11.3. The van der Waals surface area contributed by atoms with Gasteiger partial charge in [-0.05, 0) is 48.7 Å². The predicted molar refractivity (Wildman–Crippen MR) is 129 cm³/mol. The quantitative estimate of drug-likeness (QED) is 0.462. The fourth-order valence-corrected chi connectivity index (χ4v) is 3.51. The number of hydrogen-bond donors (Lipinski definition) is 1. The van der Waals surface area contributed by atoms with E-state index in [2.05, 4.69) is 12.2 Å². The van der Waals surface area contributed by atoms with Gasteiger partial charge in [0.2, 0.25) is 11.8 Å². The van der Waals surface area contributed by atoms with Gasteiger partial charge in [0.15, 0.2) is 11.5 Å². The van der Waals surface area contributed by atoms with Crippen molar-refractivity contribution in [2.75, 3.05) is 27.9 Å². The molecule has 0 radical (unpaired) electrons. The number of methoxy groups -OCH3 is 3. The first-order chi connectivity index (χ1) is 15.9. The number of ether oxygens (including phenoxy) is 3. The van der Waals surface area contributed by atoms with Gasteiger partial charge in [-0.2, -0.15) is 0 Å². The number of nitrogens with one attached hydrogen (secondary N) is 1. The molecule has 2 rings (SSSR count). The third-order valence-corrected chi connectivity index (χ3v) is 5.56. The van der Waals surface area contributed by atoms with Crippen LogP contribution in [0.5, 0.6) is 17.2 Å². The normalized spacial score (nSPS) is 11.4. The molecule has 0 aliphatic heterocycles. The maximum atomic E-state index is 13.4. The number of carbonyl (C=O) groups is 2. The van der Waals surface area contributed by atoms with Crippen molar-refractivity contribution in [3.8, 4) is 17.2 Å². The molecule has 0 aromatic heterocycles. The summed E-state index contributed by atoms with van der Waals surface area (Å²) in [4.78, 5) is 27.8. The van der Waals surface area contributed by atoms with Crippen molar-refractivity contribution in [1.82, 2.24) is 10.2 Å². The van der Waals surface area contributed by atoms with Gasteiger partial charge in [-0.25, -0.2) is 0 Å². The minimum absolute atomic E-state index is 0.143. The second-order valence-electron chi connectivity index (χ2n) is 7.91. The van der Waals surface area contributed by atoms with Crippen LogP contribution in [0, 0.1) is 0 Å². The highest BCUT2D eigenvalue weighted by atomic mass is 16.5. The van der Waals surface area contributed by atoms with Crippen LogP contribution in [0.3, 0.4) is 0 Å². The monoisotopic (exact) mass is 456 g/mol. The molecule has 0 saturated carbocycles. The van der Waals surface area contributed by atoms with E-state index in [1.54, 1.807) is 45.3 Å². The summed E-state index contributed by atoms with van der Waals surface area (Å²) in [5.41, 5.74) is 1.70. The number of carbonyl (C=O) groups excluding carboxylic acids is 2. The Kier molecular flexibility index (Phi) is 10.5. The minimum atomic E-state index is -0.610. The summed E-state index contributed by atoms with van der Waals surface area (Å²) in [6.07, 6.45) is 3.21. The van der Waals surface area contributed by atoms with E-state index in [-0.39, 0.29) is 18.2 Å². The minimum Gasteiger partial charge on any atom is -0.497 e. The molecular formula is C26H36N2O5. The highest BCUT2D eigenvalue weighted by molar-refractivity contribution is 5.88. The van der Waals surface area contributed by atoms with Crippen LogP contribution in [0.4, 0.5) is 0 Å². The molecule has 2 amide bonds. The third-order valence-electron chi connectivity index (χ3n) is 5.56. The van der Waals surface area contributed by atoms with Gasteiger partial charge < -0.3 is 24.4 Å². The van der Waals surface area contributed by atoms with Gasteiger partial charge in [0.05, 0.1) is 27.8 Å². The van der Waals surface area contributed by atoms with Gasteiger partial charge in [-0.15, -0.1) is 0 Å². The Morgan fingerprint density at radius 3 is 2.18 bits per heavy atom. The number of rotatable bonds is 13. The van der Waals surface area contributed by atoms with E-state index in [0.29, 0.717) is 24.6 Å². The van der Waals surface area contributed by atoms with Crippen molar-refractivity contribution in [2.24, 2.45) is 0 Å². The molecule has 7 nitrogen and oxygen atoms in total. The molecule has 2 aromatic carbocycles. The second kappa shape index (κ2) is 13.4. The van der Waals surface area contributed by atoms with Crippen LogP contribution >= 0.6 is 0 Å². The lowest BCUT2D eigenvalue weighted by Crippen LogP contribution is -2.48. The average Bonchev–Trinajstić information content (AvgIpc) is 2.84. The van der Waals surface area contributed by atoms with Gasteiger partial charge in [0.25, 0.3) is 0 Å². The Bertz CT molecular complexity index is 898. The molecule has 0 spiro atoms. The SMILES string of the molecule is CCCCCNC(=O)[C@H](C)N(Cc1ccc(OC)cc1)C(=O)Cc1ccc(OC)c(OC)c1. The van der Waals surface area contributed by atoms with Crippen LogP contribution in [-0.4, -0.2) is 50.6 Å². The molecule has 33 heavy (non-hydrogen) atoms. The van der Waals surface area contributed by atoms with Crippen molar-refractivity contribution < 1.29 is 23.8 Å². The van der Waals surface area contributed by atoms with E-state index in [0.717, 1.165) is 36.1 Å². The third kappa shape index (κ3) is 7.70. The first-order valence-corrected chi connectivity index (χ1v) is 11.3. The highest BCUT2D eigenvalue weighted by Gasteiger charge is 2.26. The van der Waals surface area contributed by atoms with Crippen LogP contribution in [0.2, 0.25) is 0 Å². The Hall–Kier alpha value is -3.22. The lowest BCUT2D eigenvalue weighted by atomic mass is 10.1. The summed E-state index contributed by atoms with van der Waals surface area (Å²) in [6, 6.07) is 12.3. The number of nitrogens with zero attached hydrogens (tertiary/aromatic N) is 1. The van der Waals surface area contributed by atoms with E-state index in [1.807, 2.05) is 30.3 Å². The zero-order valence-corrected chi connectivity index (χ0v) is 20.3. The molecule has 0 saturated heterocycles. The van der Waals surface area contributed by atoms with E-state index < -0.39 is 6.04 Å². The number of unbranched alkanes of at least 4 members (excludes halogenated alkanes) is 2. The predicted octanol–water partition coefficient (Wildman–Crippen LogP) is 3.98. The van der Waals surface area contributed by atoms with Gasteiger partial charge >= 0.3 is 0 Å². The van der Waals surface area contributed by atoms with E-state index in [9.17, 15) is 9.59 Å². The Balaban J connectivity index is 2.20. The maximum Gasteiger partial charge on any atom is 0.242 e. The number of benzene rings is 2. The molecule has 0 aliphatic rings. The molecular weight excluding hydrogens is 420 g/mol. The average molecular weight is 457 g/mol. The molecule has 0 unspecified atom stereocenters. The summed E-state index contributed by atoms with van der Waals surface area (Å²) in [5.74, 6) is 1.60. The number of hydrogen-bond acceptors (Lipinski definition) is 5. The summed E-state index contributed by atoms with van der Waals surface area (Å²) >= 11 is 0. The Morgan fingerprint density at radius 2 is 1.58 bits per heavy atom. The van der Waals surface area contributed by atoms with Crippen molar-refractivity contribution in [3.63, 3.8) is 0 Å². The number of amides is 2. The summed E-state index contributed by atoms with van der Waals surface area (Å²) < 4.78 is 15.9. The summed E-state index contributed by atoms with van der Waals surface area (Å²) in [5, 5.41) is 2.96. The topological polar surface area (TPSA) is 77.1 Å². The first kappa shape index (κ1) is 26.0. The highest BCUT2D eigenvalue weighted by Crippen LogP contribution is 2.28. The molecule has 180 valence electrons. The Morgan fingerprint density at radius 1 is 0.909 bits per heavy atom. The zero-order valence-electron chi connectivity index (χ0n) is 20.3. The van der Waals surface area contributed by atoms with Crippen molar-refractivity contribution >= 4 is 11.8 Å². The van der Waals surface area contributed by atoms with Crippen molar-refractivity contribution in [3.05, 3.63) is 53.6 Å². The fourth-order valence-electron chi connectivity index (χ4n) is 3.51. The van der Waals surface area contributed by atoms with Crippen molar-refractivity contribution in [1.29, 1.82) is 0 Å². The molecule has 1 N–H and O–H groups in total. The summed E-state index contributed by atoms with van der Waals surface area (Å²) in [6.45, 7) is 4.82. The van der Waals surface area contributed by atoms with Crippen LogP contribution in [0.1, 0.15) is 44.2 Å². The van der Waals surface area contributed by atoms with Gasteiger partial charge in [0.1, 0.15) is 11.8 Å². The molecule has 2 aromatic rings. The molecule has 0 fully saturated rings. The summed E-state index contributed by atoms with van der Waals surface area (Å²) in [7, 11) is 4.74. The smallest absolute Gasteiger partial charge is 0.242 e. The van der Waals surface area contributed by atoms with E-state index in [1.165, 1.54) is 0 Å². The molecule has 0 heterocycles. The molecule has 1 atom stereocenters. The standard InChI is InChI=1S/C26H36N2O5/c1-6-7-8-15-27-26(30)19(2)28(18-20-9-12-22(31-3)13-10-20)25(29)17-21-11-14-23(32-4)24(16-21)33-5/h9-14,16,19H,6-8,15,17-18H2,1-5H3,(H,27,30)/t19-/m0/s1. The second-order valence-corrected chi connectivity index (χ2v) is 7.91. The van der Waals surface area contributed by atoms with Crippen LogP contribution in [-0.2, 0) is 22.6 Å². The van der Waals surface area contributed by atoms with Gasteiger partial charge in [-0.1, -0.05) is 38.0 Å². The van der Waals surface area contributed by atoms with Crippen LogP contribution in [0.25, 0.3) is 0 Å². The molecule has 0 bridgehead atoms. The lowest BCUT2D eigenvalue weighted by Gasteiger charge is -2.29. The van der Waals surface area contributed by atoms with Gasteiger partial charge in [-0.3, -0.25) is 9.59 Å². The lowest BCUT2D eigenvalue weighted by molar-refractivity contribution is -0.140.